The Morgan fingerprint density at radius 1 is 1.48 bits per heavy atom. The Hall–Kier alpha value is -1.34. The summed E-state index contributed by atoms with van der Waals surface area (Å²) in [6.45, 7) is 6.89. The highest BCUT2D eigenvalue weighted by Crippen LogP contribution is 2.31. The lowest BCUT2D eigenvalue weighted by Crippen LogP contribution is -2.53. The second kappa shape index (κ2) is 8.84. The van der Waals surface area contributed by atoms with Crippen molar-refractivity contribution in [2.24, 2.45) is 22.2 Å². The summed E-state index contributed by atoms with van der Waals surface area (Å²) in [6.07, 6.45) is 1.60. The van der Waals surface area contributed by atoms with E-state index < -0.39 is 5.41 Å². The number of amides is 1. The molecule has 0 saturated carbocycles. The fourth-order valence-electron chi connectivity index (χ4n) is 2.28. The van der Waals surface area contributed by atoms with Crippen LogP contribution >= 0.6 is 0 Å². The monoisotopic (exact) mass is 301 g/mol. The zero-order valence-electron chi connectivity index (χ0n) is 12.9. The summed E-state index contributed by atoms with van der Waals surface area (Å²) in [4.78, 5) is 12.4. The van der Waals surface area contributed by atoms with E-state index in [1.165, 1.54) is 0 Å². The number of hydrogen-bond donors (Lipinski definition) is 3. The molecule has 0 aromatic heterocycles. The average Bonchev–Trinajstić information content (AvgIpc) is 2.49. The van der Waals surface area contributed by atoms with Gasteiger partial charge in [-0.05, 0) is 25.2 Å². The number of carbonyl (C=O) groups excluding carboxylic acids is 1. The van der Waals surface area contributed by atoms with E-state index in [0.717, 1.165) is 13.0 Å². The molecule has 0 bridgehead atoms. The first-order valence-corrected chi connectivity index (χ1v) is 7.44. The molecule has 1 fully saturated rings. The zero-order chi connectivity index (χ0) is 15.7. The molecule has 122 valence electrons. The van der Waals surface area contributed by atoms with Crippen molar-refractivity contribution in [3.8, 4) is 0 Å². The van der Waals surface area contributed by atoms with Crippen molar-refractivity contribution in [3.05, 3.63) is 0 Å². The van der Waals surface area contributed by atoms with Crippen LogP contribution in [0, 0.1) is 11.3 Å². The quantitative estimate of drug-likeness (QED) is 0.201. The minimum absolute atomic E-state index is 0.0423. The van der Waals surface area contributed by atoms with Crippen molar-refractivity contribution in [2.75, 3.05) is 33.0 Å². The third-order valence-electron chi connectivity index (χ3n) is 3.58. The fourth-order valence-corrected chi connectivity index (χ4v) is 2.28. The van der Waals surface area contributed by atoms with Gasteiger partial charge in [0.05, 0.1) is 0 Å². The van der Waals surface area contributed by atoms with Crippen LogP contribution in [-0.4, -0.2) is 49.9 Å². The predicted molar refractivity (Wildman–Crippen MR) is 79.2 cm³/mol. The van der Waals surface area contributed by atoms with E-state index in [1.807, 2.05) is 0 Å². The van der Waals surface area contributed by atoms with E-state index in [4.69, 9.17) is 20.4 Å². The Morgan fingerprint density at radius 2 is 2.14 bits per heavy atom. The SMILES string of the molecule is CC(C)COCCCNC(=O)C1(C(N)=NO)CCOCC1. The molecule has 1 heterocycles. The second-order valence-electron chi connectivity index (χ2n) is 5.76. The lowest BCUT2D eigenvalue weighted by atomic mass is 9.78. The van der Waals surface area contributed by atoms with Gasteiger partial charge < -0.3 is 25.7 Å². The zero-order valence-corrected chi connectivity index (χ0v) is 12.9. The van der Waals surface area contributed by atoms with Gasteiger partial charge in [-0.15, -0.1) is 0 Å². The van der Waals surface area contributed by atoms with Gasteiger partial charge in [-0.1, -0.05) is 19.0 Å². The number of carbonyl (C=O) groups is 1. The maximum atomic E-state index is 12.4. The summed E-state index contributed by atoms with van der Waals surface area (Å²) in [5.41, 5.74) is 4.78. The van der Waals surface area contributed by atoms with Gasteiger partial charge in [-0.2, -0.15) is 0 Å². The normalized spacial score (nSPS) is 18.7. The number of nitrogens with zero attached hydrogens (tertiary/aromatic N) is 1. The molecule has 0 unspecified atom stereocenters. The number of hydrogen-bond acceptors (Lipinski definition) is 5. The van der Waals surface area contributed by atoms with Gasteiger partial charge in [-0.25, -0.2) is 0 Å². The Bertz CT molecular complexity index is 352. The molecule has 1 saturated heterocycles. The van der Waals surface area contributed by atoms with Crippen LogP contribution < -0.4 is 11.1 Å². The van der Waals surface area contributed by atoms with Gasteiger partial charge in [0.15, 0.2) is 5.84 Å². The Balaban J connectivity index is 2.40. The third-order valence-corrected chi connectivity index (χ3v) is 3.58. The molecule has 1 amide bonds. The minimum atomic E-state index is -0.953. The molecule has 7 heteroatoms. The highest BCUT2D eigenvalue weighted by atomic mass is 16.5. The van der Waals surface area contributed by atoms with Crippen molar-refractivity contribution in [2.45, 2.75) is 33.1 Å². The first kappa shape index (κ1) is 17.7. The fraction of sp³-hybridized carbons (Fsp3) is 0.857. The summed E-state index contributed by atoms with van der Waals surface area (Å²) in [7, 11) is 0. The summed E-state index contributed by atoms with van der Waals surface area (Å²) < 4.78 is 10.7. The highest BCUT2D eigenvalue weighted by molar-refractivity contribution is 6.06. The van der Waals surface area contributed by atoms with E-state index in [1.54, 1.807) is 0 Å². The molecule has 7 nitrogen and oxygen atoms in total. The molecule has 21 heavy (non-hydrogen) atoms. The Morgan fingerprint density at radius 3 is 2.71 bits per heavy atom. The standard InChI is InChI=1S/C14H27N3O4/c1-11(2)10-21-7-3-6-16-13(18)14(12(15)17-19)4-8-20-9-5-14/h11,19H,3-10H2,1-2H3,(H2,15,17)(H,16,18). The summed E-state index contributed by atoms with van der Waals surface area (Å²) in [6, 6.07) is 0. The van der Waals surface area contributed by atoms with Crippen molar-refractivity contribution in [1.29, 1.82) is 0 Å². The molecular weight excluding hydrogens is 274 g/mol. The van der Waals surface area contributed by atoms with Gasteiger partial charge >= 0.3 is 0 Å². The first-order chi connectivity index (χ1) is 10.0. The lowest BCUT2D eigenvalue weighted by molar-refractivity contribution is -0.131. The molecular formula is C14H27N3O4. The molecule has 0 aromatic carbocycles. The predicted octanol–water partition coefficient (Wildman–Crippen LogP) is 0.709. The van der Waals surface area contributed by atoms with Crippen LogP contribution in [0.25, 0.3) is 0 Å². The molecule has 0 aliphatic carbocycles. The number of nitrogens with two attached hydrogens (primary N) is 1. The third kappa shape index (κ3) is 5.17. The van der Waals surface area contributed by atoms with Crippen LogP contribution in [0.1, 0.15) is 33.1 Å². The van der Waals surface area contributed by atoms with Crippen LogP contribution in [0.2, 0.25) is 0 Å². The smallest absolute Gasteiger partial charge is 0.234 e. The van der Waals surface area contributed by atoms with Gasteiger partial charge in [0, 0.05) is 33.0 Å². The van der Waals surface area contributed by atoms with Crippen LogP contribution in [-0.2, 0) is 14.3 Å². The lowest BCUT2D eigenvalue weighted by Gasteiger charge is -2.34. The van der Waals surface area contributed by atoms with Crippen LogP contribution in [0.4, 0.5) is 0 Å². The number of amidine groups is 1. The van der Waals surface area contributed by atoms with Crippen molar-refractivity contribution < 1.29 is 19.5 Å². The molecule has 4 N–H and O–H groups in total. The number of rotatable bonds is 8. The second-order valence-corrected chi connectivity index (χ2v) is 5.76. The van der Waals surface area contributed by atoms with E-state index in [-0.39, 0.29) is 11.7 Å². The van der Waals surface area contributed by atoms with Crippen molar-refractivity contribution >= 4 is 11.7 Å². The Labute approximate surface area is 125 Å². The first-order valence-electron chi connectivity index (χ1n) is 7.44. The number of ether oxygens (including phenoxy) is 2. The minimum Gasteiger partial charge on any atom is -0.409 e. The topological polar surface area (TPSA) is 106 Å². The van der Waals surface area contributed by atoms with E-state index in [0.29, 0.717) is 45.1 Å². The van der Waals surface area contributed by atoms with Gasteiger partial charge in [-0.3, -0.25) is 4.79 Å². The molecule has 1 aliphatic heterocycles. The van der Waals surface area contributed by atoms with Gasteiger partial charge in [0.25, 0.3) is 0 Å². The van der Waals surface area contributed by atoms with E-state index in [2.05, 4.69) is 24.3 Å². The van der Waals surface area contributed by atoms with Crippen molar-refractivity contribution in [1.82, 2.24) is 5.32 Å². The molecule has 0 aromatic rings. The summed E-state index contributed by atoms with van der Waals surface area (Å²) in [5.74, 6) is 0.259. The molecule has 0 radical (unpaired) electrons. The molecule has 0 spiro atoms. The highest BCUT2D eigenvalue weighted by Gasteiger charge is 2.44. The molecule has 1 aliphatic rings. The van der Waals surface area contributed by atoms with E-state index >= 15 is 0 Å². The largest absolute Gasteiger partial charge is 0.409 e. The number of nitrogens with one attached hydrogen (secondary N) is 1. The maximum absolute atomic E-state index is 12.4. The average molecular weight is 301 g/mol. The maximum Gasteiger partial charge on any atom is 0.234 e. The summed E-state index contributed by atoms with van der Waals surface area (Å²) >= 11 is 0. The van der Waals surface area contributed by atoms with Crippen LogP contribution in [0.3, 0.4) is 0 Å². The van der Waals surface area contributed by atoms with Crippen LogP contribution in [0.15, 0.2) is 5.16 Å². The van der Waals surface area contributed by atoms with Crippen LogP contribution in [0.5, 0.6) is 0 Å². The van der Waals surface area contributed by atoms with E-state index in [9.17, 15) is 4.79 Å². The van der Waals surface area contributed by atoms with Gasteiger partial charge in [0.2, 0.25) is 5.91 Å². The number of oxime groups is 1. The molecule has 0 atom stereocenters. The Kier molecular flexibility index (Phi) is 7.45. The summed E-state index contributed by atoms with van der Waals surface area (Å²) in [5, 5.41) is 14.8. The van der Waals surface area contributed by atoms with Crippen molar-refractivity contribution in [3.63, 3.8) is 0 Å². The van der Waals surface area contributed by atoms with Gasteiger partial charge in [0.1, 0.15) is 5.41 Å². The molecule has 1 rings (SSSR count).